The number of aliphatic hydroxyl groups is 1. The molecule has 0 spiro atoms. The third kappa shape index (κ3) is 7.78. The maximum Gasteiger partial charge on any atom is 1.00 e. The Kier molecular flexibility index (Phi) is 11.0. The van der Waals surface area contributed by atoms with Gasteiger partial charge < -0.3 is 25.2 Å². The van der Waals surface area contributed by atoms with E-state index in [1.165, 1.54) is 0 Å². The molecule has 0 aromatic carbocycles. The van der Waals surface area contributed by atoms with E-state index in [1.807, 2.05) is 0 Å². The van der Waals surface area contributed by atoms with Gasteiger partial charge in [-0.2, -0.15) is 0 Å². The minimum atomic E-state index is -2.80. The van der Waals surface area contributed by atoms with Crippen molar-refractivity contribution in [3.63, 3.8) is 0 Å². The van der Waals surface area contributed by atoms with Crippen molar-refractivity contribution in [1.82, 2.24) is 0 Å². The van der Waals surface area contributed by atoms with Crippen molar-refractivity contribution in [2.45, 2.75) is 18.4 Å². The summed E-state index contributed by atoms with van der Waals surface area (Å²) in [5, 5.41) is 35.5. The van der Waals surface area contributed by atoms with E-state index in [9.17, 15) is 19.5 Å². The normalized spacial score (nSPS) is 12.6. The van der Waals surface area contributed by atoms with Gasteiger partial charge in [-0.3, -0.25) is 4.79 Å². The van der Waals surface area contributed by atoms with E-state index in [0.717, 1.165) is 0 Å². The Morgan fingerprint density at radius 3 is 1.73 bits per heavy atom. The fourth-order valence-corrected chi connectivity index (χ4v) is 0.703. The van der Waals surface area contributed by atoms with Gasteiger partial charge in [-0.05, 0) is 0 Å². The summed E-state index contributed by atoms with van der Waals surface area (Å²) in [4.78, 5) is 30.3. The zero-order chi connectivity index (χ0) is 10.6. The Morgan fingerprint density at radius 2 is 1.53 bits per heavy atom. The molecule has 9 heteroatoms. The van der Waals surface area contributed by atoms with Crippen LogP contribution >= 0.6 is 0 Å². The molecule has 0 rings (SSSR count). The van der Waals surface area contributed by atoms with Crippen LogP contribution < -0.4 is 34.7 Å². The predicted octanol–water partition coefficient (Wildman–Crippen LogP) is -5.58. The van der Waals surface area contributed by atoms with Gasteiger partial charge in [0.2, 0.25) is 0 Å². The molecule has 0 aromatic rings. The Bertz CT molecular complexity index is 238. The van der Waals surface area contributed by atoms with E-state index in [1.54, 1.807) is 0 Å². The maximum atomic E-state index is 10.3. The maximum absolute atomic E-state index is 10.3. The smallest absolute Gasteiger partial charge is 0.550 e. The molecule has 15 heavy (non-hydrogen) atoms. The summed E-state index contributed by atoms with van der Waals surface area (Å²) in [7, 11) is 0. The molecule has 82 valence electrons. The minimum Gasteiger partial charge on any atom is -0.550 e. The summed E-state index contributed by atoms with van der Waals surface area (Å²) in [5.74, 6) is -5.34. The van der Waals surface area contributed by atoms with Crippen LogP contribution in [0.5, 0.6) is 0 Å². The van der Waals surface area contributed by atoms with Crippen molar-refractivity contribution in [2.75, 3.05) is 0 Å². The molecule has 0 radical (unpaired) electrons. The van der Waals surface area contributed by atoms with Crippen LogP contribution in [0.1, 0.15) is 12.8 Å². The first kappa shape index (κ1) is 20.3. The monoisotopic (exact) mass is 270 g/mol. The first-order chi connectivity index (χ1) is 5.78. The summed E-state index contributed by atoms with van der Waals surface area (Å²) in [5.41, 5.74) is -2.80. The van der Waals surface area contributed by atoms with Crippen LogP contribution in [-0.2, 0) is 31.5 Å². The number of hydrogen-bond acceptors (Lipinski definition) is 5. The number of carbonyl (C=O) groups excluding carboxylic acids is 1. The van der Waals surface area contributed by atoms with Crippen molar-refractivity contribution in [3.05, 3.63) is 0 Å². The van der Waals surface area contributed by atoms with E-state index in [2.05, 4.69) is 0 Å². The van der Waals surface area contributed by atoms with Crippen LogP contribution in [0.4, 0.5) is 0 Å². The second kappa shape index (κ2) is 8.09. The van der Waals surface area contributed by atoms with Gasteiger partial charge in [-0.1, -0.05) is 0 Å². The van der Waals surface area contributed by atoms with Crippen molar-refractivity contribution in [2.24, 2.45) is 0 Å². The van der Waals surface area contributed by atoms with Gasteiger partial charge >= 0.3 is 41.5 Å². The average Bonchev–Trinajstić information content (AvgIpc) is 1.82. The SMILES string of the molecule is O=C([O-])CC(O)(CC(=O)O)C(=O)O.[Fe].[Na+]. The molecular weight excluding hydrogens is 263 g/mol. The number of hydrogen-bond donors (Lipinski definition) is 3. The summed E-state index contributed by atoms with van der Waals surface area (Å²) in [6, 6.07) is 0. The molecular formula is C6H7FeNaO7. The topological polar surface area (TPSA) is 135 Å². The molecule has 0 fully saturated rings. The quantitative estimate of drug-likeness (QED) is 0.424. The zero-order valence-electron chi connectivity index (χ0n) is 7.74. The molecule has 0 saturated heterocycles. The molecule has 0 aliphatic heterocycles. The zero-order valence-corrected chi connectivity index (χ0v) is 10.8. The van der Waals surface area contributed by atoms with Crippen LogP contribution in [-0.4, -0.2) is 38.8 Å². The molecule has 0 bridgehead atoms. The second-order valence-electron chi connectivity index (χ2n) is 2.46. The molecule has 0 aromatic heterocycles. The second-order valence-corrected chi connectivity index (χ2v) is 2.46. The molecule has 7 nitrogen and oxygen atoms in total. The number of carboxylic acid groups (broad SMARTS) is 3. The third-order valence-electron chi connectivity index (χ3n) is 1.28. The molecule has 0 saturated carbocycles. The average molecular weight is 270 g/mol. The standard InChI is InChI=1S/C6H8O7.Fe.Na/c7-3(8)1-6(13,5(11)12)2-4(9)10;;/h13H,1-2H2,(H,7,8)(H,9,10)(H,11,12);;/q;;+1/p-1. The van der Waals surface area contributed by atoms with Gasteiger partial charge in [0, 0.05) is 29.5 Å². The Morgan fingerprint density at radius 1 is 1.13 bits per heavy atom. The summed E-state index contributed by atoms with van der Waals surface area (Å²) in [6.45, 7) is 0. The van der Waals surface area contributed by atoms with E-state index in [-0.39, 0.29) is 46.6 Å². The molecule has 0 heterocycles. The van der Waals surface area contributed by atoms with Crippen LogP contribution in [0.15, 0.2) is 0 Å². The number of rotatable bonds is 5. The van der Waals surface area contributed by atoms with E-state index < -0.39 is 36.4 Å². The van der Waals surface area contributed by atoms with E-state index in [0.29, 0.717) is 0 Å². The number of carbonyl (C=O) groups is 3. The molecule has 0 aliphatic carbocycles. The number of carboxylic acids is 3. The largest absolute Gasteiger partial charge is 1.00 e. The Labute approximate surface area is 117 Å². The van der Waals surface area contributed by atoms with E-state index in [4.69, 9.17) is 15.3 Å². The van der Waals surface area contributed by atoms with Gasteiger partial charge in [0.15, 0.2) is 5.60 Å². The molecule has 1 atom stereocenters. The molecule has 0 amide bonds. The van der Waals surface area contributed by atoms with Crippen molar-refractivity contribution < 1.29 is 81.4 Å². The Hall–Kier alpha value is -0.111. The van der Waals surface area contributed by atoms with Crippen molar-refractivity contribution >= 4 is 17.9 Å². The van der Waals surface area contributed by atoms with Gasteiger partial charge in [-0.15, -0.1) is 0 Å². The van der Waals surface area contributed by atoms with Crippen LogP contribution in [0.2, 0.25) is 0 Å². The fourth-order valence-electron chi connectivity index (χ4n) is 0.703. The third-order valence-corrected chi connectivity index (χ3v) is 1.28. The van der Waals surface area contributed by atoms with Crippen LogP contribution in [0.3, 0.4) is 0 Å². The van der Waals surface area contributed by atoms with Crippen molar-refractivity contribution in [1.29, 1.82) is 0 Å². The summed E-state index contributed by atoms with van der Waals surface area (Å²) in [6.07, 6.45) is -2.44. The number of aliphatic carboxylic acids is 3. The van der Waals surface area contributed by atoms with Crippen molar-refractivity contribution in [3.8, 4) is 0 Å². The predicted molar refractivity (Wildman–Crippen MR) is 34.5 cm³/mol. The molecule has 3 N–H and O–H groups in total. The van der Waals surface area contributed by atoms with Gasteiger partial charge in [-0.25, -0.2) is 4.79 Å². The van der Waals surface area contributed by atoms with Gasteiger partial charge in [0.05, 0.1) is 6.42 Å². The van der Waals surface area contributed by atoms with Gasteiger partial charge in [0.1, 0.15) is 0 Å². The summed E-state index contributed by atoms with van der Waals surface area (Å²) < 4.78 is 0. The molecule has 0 aliphatic rings. The Balaban J connectivity index is -0.000000720. The van der Waals surface area contributed by atoms with Crippen LogP contribution in [0.25, 0.3) is 0 Å². The van der Waals surface area contributed by atoms with Crippen LogP contribution in [0, 0.1) is 0 Å². The first-order valence-electron chi connectivity index (χ1n) is 3.15. The van der Waals surface area contributed by atoms with E-state index >= 15 is 0 Å². The summed E-state index contributed by atoms with van der Waals surface area (Å²) >= 11 is 0. The fraction of sp³-hybridized carbons (Fsp3) is 0.500. The minimum absolute atomic E-state index is 0. The van der Waals surface area contributed by atoms with Gasteiger partial charge in [0.25, 0.3) is 0 Å². The molecule has 1 unspecified atom stereocenters. The first-order valence-corrected chi connectivity index (χ1v) is 3.15.